The van der Waals surface area contributed by atoms with E-state index >= 15 is 0 Å². The monoisotopic (exact) mass is 249 g/mol. The van der Waals surface area contributed by atoms with Gasteiger partial charge >= 0.3 is 5.69 Å². The van der Waals surface area contributed by atoms with Gasteiger partial charge in [-0.2, -0.15) is 5.10 Å². The molecule has 1 N–H and O–H groups in total. The van der Waals surface area contributed by atoms with Crippen LogP contribution in [0.15, 0.2) is 15.8 Å². The van der Waals surface area contributed by atoms with E-state index in [2.05, 4.69) is 15.5 Å². The molecule has 0 spiro atoms. The van der Waals surface area contributed by atoms with Gasteiger partial charge in [-0.25, -0.2) is 4.79 Å². The van der Waals surface area contributed by atoms with Gasteiger partial charge in [0, 0.05) is 20.6 Å². The second kappa shape index (κ2) is 4.59. The van der Waals surface area contributed by atoms with E-state index in [0.29, 0.717) is 16.7 Å². The fraction of sp³-hybridized carbons (Fsp3) is 0.455. The Labute approximate surface area is 103 Å². The van der Waals surface area contributed by atoms with Crippen molar-refractivity contribution in [2.75, 3.05) is 11.9 Å². The van der Waals surface area contributed by atoms with Gasteiger partial charge in [0.15, 0.2) is 5.65 Å². The van der Waals surface area contributed by atoms with Crippen molar-refractivity contribution in [1.29, 1.82) is 0 Å². The van der Waals surface area contributed by atoms with Crippen LogP contribution in [0.4, 0.5) is 5.69 Å². The van der Waals surface area contributed by atoms with Crippen LogP contribution in [0, 0.1) is 0 Å². The zero-order valence-corrected chi connectivity index (χ0v) is 10.6. The van der Waals surface area contributed by atoms with Gasteiger partial charge in [0.05, 0.1) is 11.9 Å². The second-order valence-electron chi connectivity index (χ2n) is 4.09. The summed E-state index contributed by atoms with van der Waals surface area (Å²) in [6.45, 7) is 2.75. The molecular weight excluding hydrogens is 234 g/mol. The summed E-state index contributed by atoms with van der Waals surface area (Å²) in [5, 5.41) is 11.2. The van der Waals surface area contributed by atoms with Crippen molar-refractivity contribution >= 4 is 16.7 Å². The molecular formula is C11H15N5O2. The minimum Gasteiger partial charge on any atom is -0.383 e. The average molecular weight is 249 g/mol. The maximum absolute atomic E-state index is 12.1. The lowest BCUT2D eigenvalue weighted by atomic mass is 10.3. The van der Waals surface area contributed by atoms with Crippen LogP contribution in [0.2, 0.25) is 0 Å². The van der Waals surface area contributed by atoms with Crippen LogP contribution >= 0.6 is 0 Å². The summed E-state index contributed by atoms with van der Waals surface area (Å²) in [4.78, 5) is 23.9. The molecule has 0 bridgehead atoms. The van der Waals surface area contributed by atoms with Crippen LogP contribution in [-0.2, 0) is 14.1 Å². The van der Waals surface area contributed by atoms with Gasteiger partial charge in [0.1, 0.15) is 5.39 Å². The smallest absolute Gasteiger partial charge is 0.332 e. The van der Waals surface area contributed by atoms with Crippen LogP contribution in [0.25, 0.3) is 11.0 Å². The molecule has 0 saturated carbocycles. The van der Waals surface area contributed by atoms with Crippen LogP contribution in [-0.4, -0.2) is 25.9 Å². The maximum atomic E-state index is 12.1. The normalized spacial score (nSPS) is 10.8. The molecule has 2 aromatic heterocycles. The quantitative estimate of drug-likeness (QED) is 0.818. The van der Waals surface area contributed by atoms with Crippen molar-refractivity contribution in [1.82, 2.24) is 19.3 Å². The molecule has 7 nitrogen and oxygen atoms in total. The van der Waals surface area contributed by atoms with Gasteiger partial charge in [-0.3, -0.25) is 13.9 Å². The third-order valence-electron chi connectivity index (χ3n) is 2.81. The first-order valence-electron chi connectivity index (χ1n) is 5.73. The Morgan fingerprint density at radius 2 is 2.00 bits per heavy atom. The van der Waals surface area contributed by atoms with Gasteiger partial charge in [-0.05, 0) is 6.42 Å². The van der Waals surface area contributed by atoms with Crippen molar-refractivity contribution in [3.8, 4) is 0 Å². The predicted octanol–water partition coefficient (Wildman–Crippen LogP) is -0.151. The molecule has 2 heterocycles. The van der Waals surface area contributed by atoms with E-state index in [9.17, 15) is 9.59 Å². The molecule has 0 atom stereocenters. The molecule has 0 fully saturated rings. The second-order valence-corrected chi connectivity index (χ2v) is 4.09. The summed E-state index contributed by atoms with van der Waals surface area (Å²) < 4.78 is 2.39. The molecule has 0 amide bonds. The highest BCUT2D eigenvalue weighted by atomic mass is 16.2. The molecule has 0 aliphatic heterocycles. The van der Waals surface area contributed by atoms with Crippen molar-refractivity contribution < 1.29 is 0 Å². The number of aromatic nitrogens is 4. The van der Waals surface area contributed by atoms with Crippen LogP contribution in [0.3, 0.4) is 0 Å². The minimum atomic E-state index is -0.408. The molecule has 7 heteroatoms. The number of fused-ring (bicyclic) bond motifs is 1. The number of aryl methyl sites for hydroxylation is 1. The first-order valence-corrected chi connectivity index (χ1v) is 5.73. The predicted molar refractivity (Wildman–Crippen MR) is 68.8 cm³/mol. The van der Waals surface area contributed by atoms with E-state index in [-0.39, 0.29) is 5.56 Å². The minimum absolute atomic E-state index is 0.296. The van der Waals surface area contributed by atoms with E-state index in [1.165, 1.54) is 17.8 Å². The van der Waals surface area contributed by atoms with Gasteiger partial charge in [0.25, 0.3) is 5.56 Å². The zero-order chi connectivity index (χ0) is 13.3. The number of rotatable bonds is 3. The highest BCUT2D eigenvalue weighted by Gasteiger charge is 2.13. The SMILES string of the molecule is CCCNc1cnnc2c1c(=O)n(C)c(=O)n2C. The van der Waals surface area contributed by atoms with Crippen LogP contribution in [0.5, 0.6) is 0 Å². The largest absolute Gasteiger partial charge is 0.383 e. The van der Waals surface area contributed by atoms with Crippen molar-refractivity contribution in [2.45, 2.75) is 13.3 Å². The van der Waals surface area contributed by atoms with Gasteiger partial charge < -0.3 is 5.32 Å². The Balaban J connectivity index is 2.84. The van der Waals surface area contributed by atoms with E-state index < -0.39 is 5.69 Å². The molecule has 0 aromatic carbocycles. The maximum Gasteiger partial charge on any atom is 0.332 e. The molecule has 0 aliphatic rings. The number of hydrogen-bond acceptors (Lipinski definition) is 5. The summed E-state index contributed by atoms with van der Waals surface area (Å²) in [5.41, 5.74) is 0.137. The topological polar surface area (TPSA) is 81.8 Å². The summed E-state index contributed by atoms with van der Waals surface area (Å²) in [6.07, 6.45) is 2.43. The molecule has 0 saturated heterocycles. The number of hydrogen-bond donors (Lipinski definition) is 1. The van der Waals surface area contributed by atoms with E-state index in [0.717, 1.165) is 17.5 Å². The molecule has 0 unspecified atom stereocenters. The number of anilines is 1. The lowest BCUT2D eigenvalue weighted by Gasteiger charge is -2.10. The molecule has 18 heavy (non-hydrogen) atoms. The molecule has 2 rings (SSSR count). The summed E-state index contributed by atoms with van der Waals surface area (Å²) in [6, 6.07) is 0. The number of nitrogens with zero attached hydrogens (tertiary/aromatic N) is 4. The Hall–Kier alpha value is -2.18. The lowest BCUT2D eigenvalue weighted by molar-refractivity contribution is 0.703. The Morgan fingerprint density at radius 1 is 1.28 bits per heavy atom. The van der Waals surface area contributed by atoms with Gasteiger partial charge in [-0.15, -0.1) is 5.10 Å². The van der Waals surface area contributed by atoms with Crippen LogP contribution in [0.1, 0.15) is 13.3 Å². The van der Waals surface area contributed by atoms with Crippen molar-refractivity contribution in [2.24, 2.45) is 14.1 Å². The van der Waals surface area contributed by atoms with Gasteiger partial charge in [0.2, 0.25) is 0 Å². The molecule has 0 aliphatic carbocycles. The standard InChI is InChI=1S/C11H15N5O2/c1-4-5-12-7-6-13-14-9-8(7)10(17)16(3)11(18)15(9)2/h6H,4-5H2,1-3H3,(H,12,14). The fourth-order valence-corrected chi connectivity index (χ4v) is 1.79. The Bertz CT molecular complexity index is 701. The van der Waals surface area contributed by atoms with Gasteiger partial charge in [-0.1, -0.05) is 6.92 Å². The molecule has 0 radical (unpaired) electrons. The first kappa shape index (κ1) is 12.3. The summed E-state index contributed by atoms with van der Waals surface area (Å²) in [7, 11) is 3.02. The zero-order valence-electron chi connectivity index (χ0n) is 10.6. The third kappa shape index (κ3) is 1.77. The highest BCUT2D eigenvalue weighted by Crippen LogP contribution is 2.14. The third-order valence-corrected chi connectivity index (χ3v) is 2.81. The first-order chi connectivity index (χ1) is 8.57. The molecule has 96 valence electrons. The lowest BCUT2D eigenvalue weighted by Crippen LogP contribution is -2.37. The van der Waals surface area contributed by atoms with Crippen molar-refractivity contribution in [3.63, 3.8) is 0 Å². The molecule has 2 aromatic rings. The Kier molecular flexibility index (Phi) is 3.14. The van der Waals surface area contributed by atoms with E-state index in [1.807, 2.05) is 6.92 Å². The van der Waals surface area contributed by atoms with E-state index in [1.54, 1.807) is 7.05 Å². The number of nitrogens with one attached hydrogen (secondary N) is 1. The highest BCUT2D eigenvalue weighted by molar-refractivity contribution is 5.87. The fourth-order valence-electron chi connectivity index (χ4n) is 1.79. The Morgan fingerprint density at radius 3 is 2.67 bits per heavy atom. The van der Waals surface area contributed by atoms with E-state index in [4.69, 9.17) is 0 Å². The van der Waals surface area contributed by atoms with Crippen molar-refractivity contribution in [3.05, 3.63) is 27.0 Å². The average Bonchev–Trinajstić information content (AvgIpc) is 2.40. The summed E-state index contributed by atoms with van der Waals surface area (Å²) in [5.74, 6) is 0. The summed E-state index contributed by atoms with van der Waals surface area (Å²) >= 11 is 0. The van der Waals surface area contributed by atoms with Crippen LogP contribution < -0.4 is 16.6 Å².